The van der Waals surface area contributed by atoms with E-state index >= 15 is 0 Å². The lowest BCUT2D eigenvalue weighted by Crippen LogP contribution is -2.48. The van der Waals surface area contributed by atoms with Gasteiger partial charge in [-0.1, -0.05) is 23.7 Å². The van der Waals surface area contributed by atoms with Gasteiger partial charge >= 0.3 is 5.97 Å². The number of nitrogens with zero attached hydrogens (tertiary/aromatic N) is 1. The highest BCUT2D eigenvalue weighted by Crippen LogP contribution is 2.27. The Morgan fingerprint density at radius 3 is 2.86 bits per heavy atom. The van der Waals surface area contributed by atoms with Crippen molar-refractivity contribution in [3.8, 4) is 0 Å². The summed E-state index contributed by atoms with van der Waals surface area (Å²) in [5.74, 6) is 0.342. The highest BCUT2D eigenvalue weighted by molar-refractivity contribution is 7.99. The molecule has 6 heteroatoms. The minimum atomic E-state index is -0.420. The zero-order valence-electron chi connectivity index (χ0n) is 12.6. The molecule has 120 valence electrons. The molecule has 0 saturated carbocycles. The molecule has 1 atom stereocenters. The van der Waals surface area contributed by atoms with E-state index in [1.807, 2.05) is 24.3 Å². The number of benzene rings is 1. The van der Waals surface area contributed by atoms with E-state index in [1.54, 1.807) is 16.7 Å². The number of carbonyl (C=O) groups excluding carboxylic acids is 2. The lowest BCUT2D eigenvalue weighted by Gasteiger charge is -2.33. The van der Waals surface area contributed by atoms with Crippen molar-refractivity contribution >= 4 is 35.2 Å². The molecule has 1 aromatic rings. The molecule has 0 spiro atoms. The van der Waals surface area contributed by atoms with Gasteiger partial charge in [0.05, 0.1) is 12.1 Å². The molecule has 0 bridgehead atoms. The number of thioether (sulfide) groups is 1. The maximum Gasteiger partial charge on any atom is 0.328 e. The first-order chi connectivity index (χ1) is 10.6. The summed E-state index contributed by atoms with van der Waals surface area (Å²) in [5, 5.41) is 0.699. The van der Waals surface area contributed by atoms with Crippen LogP contribution in [0.2, 0.25) is 5.02 Å². The summed E-state index contributed by atoms with van der Waals surface area (Å²) in [4.78, 5) is 26.8. The number of halogens is 1. The van der Waals surface area contributed by atoms with Gasteiger partial charge in [0.1, 0.15) is 6.04 Å². The van der Waals surface area contributed by atoms with Crippen LogP contribution in [-0.2, 0) is 14.3 Å². The van der Waals surface area contributed by atoms with E-state index in [0.29, 0.717) is 30.2 Å². The number of likely N-dealkylation sites (tertiary alicyclic amines) is 1. The molecule has 1 heterocycles. The summed E-state index contributed by atoms with van der Waals surface area (Å²) in [7, 11) is 1.37. The average molecular weight is 342 g/mol. The second-order valence-corrected chi connectivity index (χ2v) is 6.69. The van der Waals surface area contributed by atoms with Crippen molar-refractivity contribution in [1.82, 2.24) is 4.90 Å². The SMILES string of the molecule is COC(=O)C1CCCCN1C(=O)CCSc1ccccc1Cl. The molecule has 1 fully saturated rings. The quantitative estimate of drug-likeness (QED) is 0.608. The van der Waals surface area contributed by atoms with Gasteiger partial charge in [-0.15, -0.1) is 11.8 Å². The summed E-state index contributed by atoms with van der Waals surface area (Å²) in [6, 6.07) is 7.16. The predicted octanol–water partition coefficient (Wildman–Crippen LogP) is 3.38. The largest absolute Gasteiger partial charge is 0.467 e. The third kappa shape index (κ3) is 4.40. The first kappa shape index (κ1) is 17.2. The molecule has 1 unspecified atom stereocenters. The summed E-state index contributed by atoms with van der Waals surface area (Å²) < 4.78 is 4.80. The number of hydrogen-bond donors (Lipinski definition) is 0. The minimum absolute atomic E-state index is 0.00894. The smallest absolute Gasteiger partial charge is 0.328 e. The molecule has 1 aliphatic heterocycles. The van der Waals surface area contributed by atoms with Gasteiger partial charge < -0.3 is 9.64 Å². The van der Waals surface area contributed by atoms with Crippen molar-refractivity contribution in [3.05, 3.63) is 29.3 Å². The first-order valence-corrected chi connectivity index (χ1v) is 8.74. The second kappa shape index (κ2) is 8.44. The Balaban J connectivity index is 1.88. The maximum absolute atomic E-state index is 12.4. The Morgan fingerprint density at radius 1 is 1.36 bits per heavy atom. The van der Waals surface area contributed by atoms with Crippen LogP contribution >= 0.6 is 23.4 Å². The van der Waals surface area contributed by atoms with Crippen LogP contribution in [0.5, 0.6) is 0 Å². The summed E-state index contributed by atoms with van der Waals surface area (Å²) >= 11 is 7.65. The van der Waals surface area contributed by atoms with Crippen molar-refractivity contribution in [3.63, 3.8) is 0 Å². The molecule has 0 aliphatic carbocycles. The highest BCUT2D eigenvalue weighted by atomic mass is 35.5. The van der Waals surface area contributed by atoms with Crippen molar-refractivity contribution < 1.29 is 14.3 Å². The lowest BCUT2D eigenvalue weighted by atomic mass is 10.0. The number of ether oxygens (including phenoxy) is 1. The van der Waals surface area contributed by atoms with Crippen LogP contribution in [-0.4, -0.2) is 42.2 Å². The van der Waals surface area contributed by atoms with Crippen LogP contribution in [0.4, 0.5) is 0 Å². The van der Waals surface area contributed by atoms with Gasteiger partial charge in [0, 0.05) is 23.6 Å². The van der Waals surface area contributed by atoms with Gasteiger partial charge in [0.25, 0.3) is 0 Å². The van der Waals surface area contributed by atoms with Crippen molar-refractivity contribution in [2.24, 2.45) is 0 Å². The number of esters is 1. The monoisotopic (exact) mass is 341 g/mol. The molecular weight excluding hydrogens is 322 g/mol. The van der Waals surface area contributed by atoms with Gasteiger partial charge in [-0.3, -0.25) is 4.79 Å². The van der Waals surface area contributed by atoms with Gasteiger partial charge in [0.2, 0.25) is 5.91 Å². The van der Waals surface area contributed by atoms with Crippen LogP contribution in [0, 0.1) is 0 Å². The molecule has 0 N–H and O–H groups in total. The third-order valence-corrected chi connectivity index (χ3v) is 5.22. The summed E-state index contributed by atoms with van der Waals surface area (Å²) in [6.45, 7) is 0.634. The standard InChI is InChI=1S/C16H20ClNO3S/c1-21-16(20)13-7-4-5-10-18(13)15(19)9-11-22-14-8-3-2-6-12(14)17/h2-3,6,8,13H,4-5,7,9-11H2,1H3. The fourth-order valence-electron chi connectivity index (χ4n) is 2.56. The van der Waals surface area contributed by atoms with Crippen molar-refractivity contribution in [2.75, 3.05) is 19.4 Å². The number of carbonyl (C=O) groups is 2. The molecular formula is C16H20ClNO3S. The van der Waals surface area contributed by atoms with Gasteiger partial charge in [-0.2, -0.15) is 0 Å². The van der Waals surface area contributed by atoms with Crippen LogP contribution in [0.25, 0.3) is 0 Å². The van der Waals surface area contributed by atoms with Crippen molar-refractivity contribution in [1.29, 1.82) is 0 Å². The third-order valence-electron chi connectivity index (χ3n) is 3.71. The molecule has 1 aromatic carbocycles. The number of methoxy groups -OCH3 is 1. The van der Waals surface area contributed by atoms with Gasteiger partial charge in [0.15, 0.2) is 0 Å². The fourth-order valence-corrected chi connectivity index (χ4v) is 3.74. The van der Waals surface area contributed by atoms with Crippen LogP contribution in [0.15, 0.2) is 29.2 Å². The number of piperidine rings is 1. The van der Waals surface area contributed by atoms with E-state index in [1.165, 1.54) is 7.11 Å². The van der Waals surface area contributed by atoms with E-state index in [0.717, 1.165) is 17.7 Å². The second-order valence-electron chi connectivity index (χ2n) is 5.15. The summed E-state index contributed by atoms with van der Waals surface area (Å²) in [5.41, 5.74) is 0. The highest BCUT2D eigenvalue weighted by Gasteiger charge is 2.32. The molecule has 1 aliphatic rings. The van der Waals surface area contributed by atoms with Gasteiger partial charge in [-0.25, -0.2) is 4.79 Å². The average Bonchev–Trinajstić information content (AvgIpc) is 2.55. The molecule has 1 saturated heterocycles. The Hall–Kier alpha value is -1.20. The fraction of sp³-hybridized carbons (Fsp3) is 0.500. The van der Waals surface area contributed by atoms with E-state index < -0.39 is 6.04 Å². The molecule has 4 nitrogen and oxygen atoms in total. The molecule has 0 aromatic heterocycles. The molecule has 0 radical (unpaired) electrons. The zero-order valence-corrected chi connectivity index (χ0v) is 14.2. The van der Waals surface area contributed by atoms with E-state index in [9.17, 15) is 9.59 Å². The minimum Gasteiger partial charge on any atom is -0.467 e. The molecule has 1 amide bonds. The normalized spacial score (nSPS) is 18.1. The predicted molar refractivity (Wildman–Crippen MR) is 88.2 cm³/mol. The topological polar surface area (TPSA) is 46.6 Å². The first-order valence-electron chi connectivity index (χ1n) is 7.38. The zero-order chi connectivity index (χ0) is 15.9. The molecule has 2 rings (SSSR count). The Bertz CT molecular complexity index is 538. The van der Waals surface area contributed by atoms with Crippen molar-refractivity contribution in [2.45, 2.75) is 36.6 Å². The van der Waals surface area contributed by atoms with E-state index in [-0.39, 0.29) is 11.9 Å². The van der Waals surface area contributed by atoms with Crippen LogP contribution in [0.1, 0.15) is 25.7 Å². The maximum atomic E-state index is 12.4. The number of amides is 1. The lowest BCUT2D eigenvalue weighted by molar-refractivity contribution is -0.154. The summed E-state index contributed by atoms with van der Waals surface area (Å²) in [6.07, 6.45) is 2.98. The molecule has 22 heavy (non-hydrogen) atoms. The number of rotatable bonds is 5. The number of hydrogen-bond acceptors (Lipinski definition) is 4. The van der Waals surface area contributed by atoms with Crippen LogP contribution < -0.4 is 0 Å². The van der Waals surface area contributed by atoms with Gasteiger partial charge in [-0.05, 0) is 31.4 Å². The Kier molecular flexibility index (Phi) is 6.58. The van der Waals surface area contributed by atoms with E-state index in [4.69, 9.17) is 16.3 Å². The Labute approximate surface area is 140 Å². The van der Waals surface area contributed by atoms with Crippen LogP contribution in [0.3, 0.4) is 0 Å². The van der Waals surface area contributed by atoms with E-state index in [2.05, 4.69) is 0 Å². The Morgan fingerprint density at radius 2 is 2.14 bits per heavy atom.